The van der Waals surface area contributed by atoms with Gasteiger partial charge in [0.15, 0.2) is 0 Å². The Labute approximate surface area is 112 Å². The minimum Gasteiger partial charge on any atom is -0.492 e. The Hall–Kier alpha value is -1.26. The molecule has 0 heterocycles. The van der Waals surface area contributed by atoms with Gasteiger partial charge in [-0.15, -0.1) is 0 Å². The van der Waals surface area contributed by atoms with Crippen molar-refractivity contribution in [1.82, 2.24) is 0 Å². The van der Waals surface area contributed by atoms with Crippen LogP contribution in [0, 0.1) is 0 Å². The van der Waals surface area contributed by atoms with Crippen molar-refractivity contribution in [3.8, 4) is 5.75 Å². The highest BCUT2D eigenvalue weighted by atomic mass is 35.5. The molecule has 0 bridgehead atoms. The molecule has 1 amide bonds. The molecule has 0 unspecified atom stereocenters. The molecule has 0 radical (unpaired) electrons. The molecule has 0 aromatic heterocycles. The molecule has 18 heavy (non-hydrogen) atoms. The summed E-state index contributed by atoms with van der Waals surface area (Å²) in [5, 5.41) is 0.288. The first-order valence-electron chi connectivity index (χ1n) is 5.93. The Morgan fingerprint density at radius 2 is 2.00 bits per heavy atom. The topological polar surface area (TPSA) is 78.3 Å². The maximum Gasteiger partial charge on any atom is 0.250 e. The van der Waals surface area contributed by atoms with E-state index in [2.05, 4.69) is 0 Å². The van der Waals surface area contributed by atoms with Crippen LogP contribution in [0.4, 0.5) is 0 Å². The standard InChI is InChI=1S/C13H19ClN2O2/c1-3-13(16,4-2)8-18-9-5-6-10(12(15)17)11(14)7-9/h5-7H,3-4,8,16H2,1-2H3,(H2,15,17). The molecule has 0 saturated carbocycles. The maximum atomic E-state index is 11.0. The van der Waals surface area contributed by atoms with Gasteiger partial charge < -0.3 is 16.2 Å². The highest BCUT2D eigenvalue weighted by molar-refractivity contribution is 6.33. The van der Waals surface area contributed by atoms with Crippen LogP contribution in [0.3, 0.4) is 0 Å². The van der Waals surface area contributed by atoms with Crippen LogP contribution >= 0.6 is 11.6 Å². The molecule has 0 fully saturated rings. The van der Waals surface area contributed by atoms with E-state index in [4.69, 9.17) is 27.8 Å². The van der Waals surface area contributed by atoms with E-state index in [-0.39, 0.29) is 16.1 Å². The summed E-state index contributed by atoms with van der Waals surface area (Å²) in [6.07, 6.45) is 1.66. The van der Waals surface area contributed by atoms with Gasteiger partial charge in [-0.2, -0.15) is 0 Å². The van der Waals surface area contributed by atoms with Crippen LogP contribution in [0.5, 0.6) is 5.75 Å². The Morgan fingerprint density at radius 3 is 2.44 bits per heavy atom. The fourth-order valence-corrected chi connectivity index (χ4v) is 1.73. The van der Waals surface area contributed by atoms with E-state index in [1.54, 1.807) is 18.2 Å². The molecule has 5 heteroatoms. The normalized spacial score (nSPS) is 11.3. The predicted octanol–water partition coefficient (Wildman–Crippen LogP) is 2.34. The Bertz CT molecular complexity index is 431. The Kier molecular flexibility index (Phi) is 4.99. The van der Waals surface area contributed by atoms with Crippen LogP contribution in [0.1, 0.15) is 37.0 Å². The summed E-state index contributed by atoms with van der Waals surface area (Å²) in [4.78, 5) is 11.0. The smallest absolute Gasteiger partial charge is 0.250 e. The molecule has 0 aliphatic carbocycles. The molecule has 0 spiro atoms. The molecule has 4 nitrogen and oxygen atoms in total. The molecular formula is C13H19ClN2O2. The zero-order valence-corrected chi connectivity index (χ0v) is 11.5. The van der Waals surface area contributed by atoms with Crippen LogP contribution in [-0.2, 0) is 0 Å². The van der Waals surface area contributed by atoms with Gasteiger partial charge in [-0.25, -0.2) is 0 Å². The Morgan fingerprint density at radius 1 is 1.39 bits per heavy atom. The van der Waals surface area contributed by atoms with E-state index >= 15 is 0 Å². The van der Waals surface area contributed by atoms with Crippen molar-refractivity contribution in [3.63, 3.8) is 0 Å². The van der Waals surface area contributed by atoms with Gasteiger partial charge in [-0.1, -0.05) is 25.4 Å². The minimum atomic E-state index is -0.554. The summed E-state index contributed by atoms with van der Waals surface area (Å²) in [6.45, 7) is 4.46. The molecule has 1 aromatic carbocycles. The first-order chi connectivity index (χ1) is 8.41. The van der Waals surface area contributed by atoms with E-state index in [0.717, 1.165) is 12.8 Å². The zero-order chi connectivity index (χ0) is 13.8. The molecule has 4 N–H and O–H groups in total. The van der Waals surface area contributed by atoms with E-state index in [1.807, 2.05) is 13.8 Å². The number of benzene rings is 1. The van der Waals surface area contributed by atoms with Gasteiger partial charge in [0.25, 0.3) is 0 Å². The Balaban J connectivity index is 2.75. The van der Waals surface area contributed by atoms with E-state index in [0.29, 0.717) is 12.4 Å². The van der Waals surface area contributed by atoms with E-state index in [1.165, 1.54) is 0 Å². The molecule has 0 aliphatic rings. The lowest BCUT2D eigenvalue weighted by Gasteiger charge is -2.26. The van der Waals surface area contributed by atoms with Crippen molar-refractivity contribution in [2.24, 2.45) is 11.5 Å². The highest BCUT2D eigenvalue weighted by Crippen LogP contribution is 2.23. The molecule has 1 aromatic rings. The number of rotatable bonds is 6. The monoisotopic (exact) mass is 270 g/mol. The SMILES string of the molecule is CCC(N)(CC)COc1ccc(C(N)=O)c(Cl)c1. The quantitative estimate of drug-likeness (QED) is 0.833. The van der Waals surface area contributed by atoms with Gasteiger partial charge in [0.2, 0.25) is 5.91 Å². The lowest BCUT2D eigenvalue weighted by Crippen LogP contribution is -2.44. The molecular weight excluding hydrogens is 252 g/mol. The number of carbonyl (C=O) groups excluding carboxylic acids is 1. The number of primary amides is 1. The summed E-state index contributed by atoms with van der Waals surface area (Å²) >= 11 is 5.93. The average Bonchev–Trinajstić information content (AvgIpc) is 2.35. The van der Waals surface area contributed by atoms with Crippen molar-refractivity contribution in [1.29, 1.82) is 0 Å². The van der Waals surface area contributed by atoms with Crippen LogP contribution in [-0.4, -0.2) is 18.1 Å². The maximum absolute atomic E-state index is 11.0. The second-order valence-corrected chi connectivity index (χ2v) is 4.77. The number of hydrogen-bond donors (Lipinski definition) is 2. The summed E-state index contributed by atoms with van der Waals surface area (Å²) in [5.41, 5.74) is 11.2. The predicted molar refractivity (Wildman–Crippen MR) is 73.0 cm³/mol. The second kappa shape index (κ2) is 6.07. The van der Waals surface area contributed by atoms with Crippen LogP contribution in [0.15, 0.2) is 18.2 Å². The zero-order valence-electron chi connectivity index (χ0n) is 10.7. The van der Waals surface area contributed by atoms with E-state index < -0.39 is 5.91 Å². The van der Waals surface area contributed by atoms with Crippen molar-refractivity contribution < 1.29 is 9.53 Å². The third-order valence-electron chi connectivity index (χ3n) is 3.14. The largest absolute Gasteiger partial charge is 0.492 e. The third kappa shape index (κ3) is 3.62. The highest BCUT2D eigenvalue weighted by Gasteiger charge is 2.21. The van der Waals surface area contributed by atoms with Gasteiger partial charge in [-0.05, 0) is 31.0 Å². The summed E-state index contributed by atoms with van der Waals surface area (Å²) in [5.74, 6) is 0.0311. The lowest BCUT2D eigenvalue weighted by molar-refractivity contribution is 0.100. The van der Waals surface area contributed by atoms with E-state index in [9.17, 15) is 4.79 Å². The number of hydrogen-bond acceptors (Lipinski definition) is 3. The number of nitrogens with two attached hydrogens (primary N) is 2. The van der Waals surface area contributed by atoms with Gasteiger partial charge in [-0.3, -0.25) is 4.79 Å². The van der Waals surface area contributed by atoms with Crippen LogP contribution < -0.4 is 16.2 Å². The third-order valence-corrected chi connectivity index (χ3v) is 3.45. The number of amides is 1. The fraction of sp³-hybridized carbons (Fsp3) is 0.462. The second-order valence-electron chi connectivity index (χ2n) is 4.36. The molecule has 100 valence electrons. The van der Waals surface area contributed by atoms with Gasteiger partial charge >= 0.3 is 0 Å². The van der Waals surface area contributed by atoms with Gasteiger partial charge in [0, 0.05) is 5.54 Å². The molecule has 0 aliphatic heterocycles. The summed E-state index contributed by atoms with van der Waals surface area (Å²) in [7, 11) is 0. The van der Waals surface area contributed by atoms with Crippen LogP contribution in [0.2, 0.25) is 5.02 Å². The van der Waals surface area contributed by atoms with Crippen molar-refractivity contribution in [2.75, 3.05) is 6.61 Å². The summed E-state index contributed by atoms with van der Waals surface area (Å²) < 4.78 is 5.61. The average molecular weight is 271 g/mol. The fourth-order valence-electron chi connectivity index (χ4n) is 1.47. The summed E-state index contributed by atoms with van der Waals surface area (Å²) in [6, 6.07) is 4.79. The lowest BCUT2D eigenvalue weighted by atomic mass is 9.96. The van der Waals surface area contributed by atoms with Crippen LogP contribution in [0.25, 0.3) is 0 Å². The van der Waals surface area contributed by atoms with Crippen molar-refractivity contribution in [2.45, 2.75) is 32.2 Å². The van der Waals surface area contributed by atoms with Gasteiger partial charge in [0.05, 0.1) is 10.6 Å². The minimum absolute atomic E-state index is 0.286. The first kappa shape index (κ1) is 14.8. The number of ether oxygens (including phenoxy) is 1. The number of halogens is 1. The molecule has 0 saturated heterocycles. The van der Waals surface area contributed by atoms with Crippen molar-refractivity contribution >= 4 is 17.5 Å². The molecule has 0 atom stereocenters. The van der Waals surface area contributed by atoms with Gasteiger partial charge in [0.1, 0.15) is 12.4 Å². The van der Waals surface area contributed by atoms with Crippen molar-refractivity contribution in [3.05, 3.63) is 28.8 Å². The number of carbonyl (C=O) groups is 1. The first-order valence-corrected chi connectivity index (χ1v) is 6.30. The molecule has 1 rings (SSSR count).